The molecule has 0 aromatic rings. The van der Waals surface area contributed by atoms with Gasteiger partial charge in [-0.15, -0.1) is 11.6 Å². The summed E-state index contributed by atoms with van der Waals surface area (Å²) in [5.74, 6) is 1.20. The van der Waals surface area contributed by atoms with E-state index in [2.05, 4.69) is 11.7 Å². The van der Waals surface area contributed by atoms with E-state index in [1.807, 2.05) is 0 Å². The minimum Gasteiger partial charge on any atom is -0.372 e. The van der Waals surface area contributed by atoms with Gasteiger partial charge in [-0.25, -0.2) is 0 Å². The van der Waals surface area contributed by atoms with Crippen LogP contribution >= 0.6 is 11.6 Å². The molecule has 3 unspecified atom stereocenters. The Labute approximate surface area is 118 Å². The normalized spacial score (nSPS) is 28.6. The lowest BCUT2D eigenvalue weighted by Crippen LogP contribution is -2.26. The van der Waals surface area contributed by atoms with E-state index in [0.717, 1.165) is 25.2 Å². The molecule has 1 nitrogen and oxygen atoms in total. The van der Waals surface area contributed by atoms with Crippen LogP contribution in [0.25, 0.3) is 0 Å². The molecule has 1 rings (SSSR count). The third-order valence-electron chi connectivity index (χ3n) is 3.82. The van der Waals surface area contributed by atoms with Crippen LogP contribution in [0.15, 0.2) is 0 Å². The number of alkyl halides is 4. The zero-order chi connectivity index (χ0) is 14.3. The Balaban J connectivity index is 2.16. The molecular formula is C14H24ClF3O. The highest BCUT2D eigenvalue weighted by Crippen LogP contribution is 2.37. The molecule has 0 N–H and O–H groups in total. The average molecular weight is 301 g/mol. The maximum atomic E-state index is 11.9. The molecule has 0 heterocycles. The molecule has 0 radical (unpaired) electrons. The van der Waals surface area contributed by atoms with E-state index >= 15 is 0 Å². The Morgan fingerprint density at radius 3 is 2.58 bits per heavy atom. The summed E-state index contributed by atoms with van der Waals surface area (Å²) in [5.41, 5.74) is 0. The van der Waals surface area contributed by atoms with E-state index in [4.69, 9.17) is 11.6 Å². The maximum Gasteiger partial charge on any atom is 0.411 e. The van der Waals surface area contributed by atoms with Crippen LogP contribution in [0.2, 0.25) is 0 Å². The van der Waals surface area contributed by atoms with Crippen LogP contribution in [-0.4, -0.2) is 24.8 Å². The van der Waals surface area contributed by atoms with Crippen molar-refractivity contribution in [1.29, 1.82) is 0 Å². The van der Waals surface area contributed by atoms with Gasteiger partial charge in [0.05, 0.1) is 0 Å². The van der Waals surface area contributed by atoms with Crippen molar-refractivity contribution in [1.82, 2.24) is 0 Å². The first-order valence-corrected chi connectivity index (χ1v) is 7.64. The fourth-order valence-electron chi connectivity index (χ4n) is 2.93. The monoisotopic (exact) mass is 300 g/mol. The molecule has 0 aromatic heterocycles. The Morgan fingerprint density at radius 2 is 1.95 bits per heavy atom. The van der Waals surface area contributed by atoms with Crippen LogP contribution in [0.5, 0.6) is 0 Å². The van der Waals surface area contributed by atoms with Crippen LogP contribution in [0.3, 0.4) is 0 Å². The fraction of sp³-hybridized carbons (Fsp3) is 1.00. The maximum absolute atomic E-state index is 11.9. The van der Waals surface area contributed by atoms with E-state index in [1.165, 1.54) is 19.3 Å². The summed E-state index contributed by atoms with van der Waals surface area (Å²) < 4.78 is 40.3. The van der Waals surface area contributed by atoms with Crippen molar-refractivity contribution in [2.75, 3.05) is 13.2 Å². The predicted octanol–water partition coefficient (Wildman–Crippen LogP) is 5.17. The summed E-state index contributed by atoms with van der Waals surface area (Å²) in [4.78, 5) is 0. The van der Waals surface area contributed by atoms with Crippen LogP contribution in [-0.2, 0) is 4.74 Å². The second kappa shape index (κ2) is 8.35. The zero-order valence-electron chi connectivity index (χ0n) is 11.5. The zero-order valence-corrected chi connectivity index (χ0v) is 12.3. The van der Waals surface area contributed by atoms with Crippen molar-refractivity contribution < 1.29 is 17.9 Å². The highest BCUT2D eigenvalue weighted by atomic mass is 35.5. The molecule has 0 aliphatic heterocycles. The van der Waals surface area contributed by atoms with E-state index < -0.39 is 12.8 Å². The average Bonchev–Trinajstić information content (AvgIpc) is 2.31. The second-order valence-electron chi connectivity index (χ2n) is 5.55. The van der Waals surface area contributed by atoms with Crippen LogP contribution in [0.4, 0.5) is 13.2 Å². The molecule has 19 heavy (non-hydrogen) atoms. The molecule has 0 amide bonds. The first-order chi connectivity index (χ1) is 8.92. The van der Waals surface area contributed by atoms with Gasteiger partial charge in [-0.05, 0) is 43.9 Å². The Bertz CT molecular complexity index is 245. The molecule has 5 heteroatoms. The molecule has 0 aromatic carbocycles. The highest BCUT2D eigenvalue weighted by molar-refractivity contribution is 6.20. The largest absolute Gasteiger partial charge is 0.411 e. The first kappa shape index (κ1) is 17.1. The number of halogens is 4. The van der Waals surface area contributed by atoms with Crippen molar-refractivity contribution in [3.63, 3.8) is 0 Å². The van der Waals surface area contributed by atoms with Crippen molar-refractivity contribution in [3.05, 3.63) is 0 Å². The summed E-state index contributed by atoms with van der Waals surface area (Å²) in [7, 11) is 0. The highest BCUT2D eigenvalue weighted by Gasteiger charge is 2.29. The van der Waals surface area contributed by atoms with Gasteiger partial charge in [-0.2, -0.15) is 13.2 Å². The predicted molar refractivity (Wildman–Crippen MR) is 71.5 cm³/mol. The summed E-state index contributed by atoms with van der Waals surface area (Å²) in [5, 5.41) is 0.190. The molecule has 1 aliphatic carbocycles. The van der Waals surface area contributed by atoms with Crippen LogP contribution in [0.1, 0.15) is 51.9 Å². The summed E-state index contributed by atoms with van der Waals surface area (Å²) >= 11 is 6.31. The standard InChI is InChI=1S/C14H24ClF3O/c1-2-4-11-6-7-13(15)12(9-11)5-3-8-19-10-14(16,17)18/h11-13H,2-10H2,1H3. The van der Waals surface area contributed by atoms with Crippen molar-refractivity contribution in [3.8, 4) is 0 Å². The van der Waals surface area contributed by atoms with Crippen molar-refractivity contribution >= 4 is 11.6 Å². The van der Waals surface area contributed by atoms with Crippen LogP contribution < -0.4 is 0 Å². The minimum atomic E-state index is -4.22. The summed E-state index contributed by atoms with van der Waals surface area (Å²) in [6.45, 7) is 1.23. The molecule has 1 saturated carbocycles. The molecule has 0 saturated heterocycles. The van der Waals surface area contributed by atoms with Gasteiger partial charge in [0, 0.05) is 12.0 Å². The SMILES string of the molecule is CCCC1CCC(Cl)C(CCCOCC(F)(F)F)C1. The van der Waals surface area contributed by atoms with Crippen molar-refractivity contribution in [2.24, 2.45) is 11.8 Å². The topological polar surface area (TPSA) is 9.23 Å². The Kier molecular flexibility index (Phi) is 7.52. The van der Waals surface area contributed by atoms with Gasteiger partial charge in [0.1, 0.15) is 6.61 Å². The molecule has 3 atom stereocenters. The van der Waals surface area contributed by atoms with Gasteiger partial charge in [0.15, 0.2) is 0 Å². The molecule has 0 spiro atoms. The molecule has 0 bridgehead atoms. The second-order valence-corrected chi connectivity index (χ2v) is 6.11. The fourth-order valence-corrected chi connectivity index (χ4v) is 3.28. The summed E-state index contributed by atoms with van der Waals surface area (Å²) in [6.07, 6.45) is 3.13. The smallest absolute Gasteiger partial charge is 0.372 e. The number of hydrogen-bond donors (Lipinski definition) is 0. The lowest BCUT2D eigenvalue weighted by molar-refractivity contribution is -0.174. The van der Waals surface area contributed by atoms with Gasteiger partial charge < -0.3 is 4.74 Å². The van der Waals surface area contributed by atoms with E-state index in [-0.39, 0.29) is 12.0 Å². The van der Waals surface area contributed by atoms with Crippen molar-refractivity contribution in [2.45, 2.75) is 63.4 Å². The molecule has 1 fully saturated rings. The number of hydrogen-bond acceptors (Lipinski definition) is 1. The lowest BCUT2D eigenvalue weighted by atomic mass is 9.77. The Hall–Kier alpha value is 0.0400. The lowest BCUT2D eigenvalue weighted by Gasteiger charge is -2.33. The number of ether oxygens (including phenoxy) is 1. The van der Waals surface area contributed by atoms with Gasteiger partial charge in [0.25, 0.3) is 0 Å². The van der Waals surface area contributed by atoms with E-state index in [0.29, 0.717) is 12.3 Å². The van der Waals surface area contributed by atoms with E-state index in [9.17, 15) is 13.2 Å². The number of rotatable bonds is 7. The van der Waals surface area contributed by atoms with Gasteiger partial charge >= 0.3 is 6.18 Å². The quantitative estimate of drug-likeness (QED) is 0.465. The third-order valence-corrected chi connectivity index (χ3v) is 4.40. The van der Waals surface area contributed by atoms with Crippen LogP contribution in [0, 0.1) is 11.8 Å². The van der Waals surface area contributed by atoms with Gasteiger partial charge in [-0.1, -0.05) is 19.8 Å². The molecule has 1 aliphatic rings. The summed E-state index contributed by atoms with van der Waals surface area (Å²) in [6, 6.07) is 0. The van der Waals surface area contributed by atoms with E-state index in [1.54, 1.807) is 0 Å². The Morgan fingerprint density at radius 1 is 1.21 bits per heavy atom. The minimum absolute atomic E-state index is 0.179. The van der Waals surface area contributed by atoms with Gasteiger partial charge in [0.2, 0.25) is 0 Å². The molecular weight excluding hydrogens is 277 g/mol. The third kappa shape index (κ3) is 7.40. The first-order valence-electron chi connectivity index (χ1n) is 7.21. The molecule has 114 valence electrons. The van der Waals surface area contributed by atoms with Gasteiger partial charge in [-0.3, -0.25) is 0 Å².